The molecule has 0 fully saturated rings. The first-order valence-corrected chi connectivity index (χ1v) is 5.75. The molecule has 94 valence electrons. The SMILES string of the molecule is COc1cc(N(C)Cc2ccccc2N)ccn1. The molecule has 1 heterocycles. The number of methoxy groups -OCH3 is 1. The van der Waals surface area contributed by atoms with Crippen molar-refractivity contribution in [2.45, 2.75) is 6.54 Å². The van der Waals surface area contributed by atoms with Crippen LogP contribution in [0.15, 0.2) is 42.6 Å². The van der Waals surface area contributed by atoms with Crippen molar-refractivity contribution < 1.29 is 4.74 Å². The van der Waals surface area contributed by atoms with Crippen LogP contribution < -0.4 is 15.4 Å². The number of ether oxygens (including phenoxy) is 1. The average Bonchev–Trinajstić information content (AvgIpc) is 2.41. The zero-order valence-electron chi connectivity index (χ0n) is 10.6. The lowest BCUT2D eigenvalue weighted by molar-refractivity contribution is 0.398. The van der Waals surface area contributed by atoms with E-state index in [9.17, 15) is 0 Å². The summed E-state index contributed by atoms with van der Waals surface area (Å²) in [5.41, 5.74) is 8.90. The van der Waals surface area contributed by atoms with E-state index >= 15 is 0 Å². The van der Waals surface area contributed by atoms with Crippen LogP contribution >= 0.6 is 0 Å². The van der Waals surface area contributed by atoms with Gasteiger partial charge in [-0.15, -0.1) is 0 Å². The smallest absolute Gasteiger partial charge is 0.214 e. The van der Waals surface area contributed by atoms with E-state index in [1.54, 1.807) is 13.3 Å². The number of benzene rings is 1. The van der Waals surface area contributed by atoms with Crippen molar-refractivity contribution in [3.8, 4) is 5.88 Å². The van der Waals surface area contributed by atoms with Gasteiger partial charge in [-0.1, -0.05) is 18.2 Å². The minimum Gasteiger partial charge on any atom is -0.481 e. The van der Waals surface area contributed by atoms with Gasteiger partial charge in [-0.05, 0) is 17.7 Å². The van der Waals surface area contributed by atoms with Gasteiger partial charge in [0.05, 0.1) is 7.11 Å². The lowest BCUT2D eigenvalue weighted by Crippen LogP contribution is -2.17. The van der Waals surface area contributed by atoms with E-state index in [1.165, 1.54) is 0 Å². The summed E-state index contributed by atoms with van der Waals surface area (Å²) >= 11 is 0. The van der Waals surface area contributed by atoms with E-state index < -0.39 is 0 Å². The molecule has 18 heavy (non-hydrogen) atoms. The standard InChI is InChI=1S/C14H17N3O/c1-17(10-11-5-3-4-6-13(11)15)12-7-8-16-14(9-12)18-2/h3-9H,10,15H2,1-2H3. The van der Waals surface area contributed by atoms with Gasteiger partial charge in [-0.3, -0.25) is 0 Å². The van der Waals surface area contributed by atoms with Crippen molar-refractivity contribution in [3.05, 3.63) is 48.2 Å². The molecule has 0 bridgehead atoms. The van der Waals surface area contributed by atoms with Gasteiger partial charge in [0.25, 0.3) is 0 Å². The fourth-order valence-corrected chi connectivity index (χ4v) is 1.77. The Kier molecular flexibility index (Phi) is 3.67. The quantitative estimate of drug-likeness (QED) is 0.837. The van der Waals surface area contributed by atoms with Crippen LogP contribution in [0.3, 0.4) is 0 Å². The molecule has 0 atom stereocenters. The Morgan fingerprint density at radius 2 is 2.06 bits per heavy atom. The second kappa shape index (κ2) is 5.40. The van der Waals surface area contributed by atoms with Crippen LogP contribution in [0.1, 0.15) is 5.56 Å². The summed E-state index contributed by atoms with van der Waals surface area (Å²) < 4.78 is 5.12. The predicted molar refractivity (Wildman–Crippen MR) is 73.8 cm³/mol. The highest BCUT2D eigenvalue weighted by atomic mass is 16.5. The van der Waals surface area contributed by atoms with Gasteiger partial charge in [-0.25, -0.2) is 4.98 Å². The summed E-state index contributed by atoms with van der Waals surface area (Å²) in [7, 11) is 3.63. The average molecular weight is 243 g/mol. The number of hydrogen-bond acceptors (Lipinski definition) is 4. The lowest BCUT2D eigenvalue weighted by atomic mass is 10.1. The minimum absolute atomic E-state index is 0.611. The van der Waals surface area contributed by atoms with Crippen molar-refractivity contribution in [2.75, 3.05) is 24.8 Å². The first kappa shape index (κ1) is 12.2. The number of nitrogen functional groups attached to an aromatic ring is 1. The number of nitrogens with zero attached hydrogens (tertiary/aromatic N) is 2. The van der Waals surface area contributed by atoms with Crippen LogP contribution in [-0.4, -0.2) is 19.1 Å². The molecule has 1 aromatic carbocycles. The topological polar surface area (TPSA) is 51.4 Å². The van der Waals surface area contributed by atoms with E-state index in [0.717, 1.165) is 23.5 Å². The highest BCUT2D eigenvalue weighted by molar-refractivity contribution is 5.52. The molecule has 0 aliphatic rings. The molecule has 0 amide bonds. The second-order valence-electron chi connectivity index (χ2n) is 4.11. The summed E-state index contributed by atoms with van der Waals surface area (Å²) in [6, 6.07) is 11.7. The number of anilines is 2. The maximum absolute atomic E-state index is 5.94. The van der Waals surface area contributed by atoms with Gasteiger partial charge in [0.15, 0.2) is 0 Å². The number of aromatic nitrogens is 1. The Morgan fingerprint density at radius 1 is 1.28 bits per heavy atom. The summed E-state index contributed by atoms with van der Waals surface area (Å²) in [6.07, 6.45) is 1.74. The molecular formula is C14H17N3O. The van der Waals surface area contributed by atoms with E-state index in [1.807, 2.05) is 43.4 Å². The van der Waals surface area contributed by atoms with Crippen LogP contribution in [0, 0.1) is 0 Å². The molecule has 2 aromatic rings. The third kappa shape index (κ3) is 2.71. The van der Waals surface area contributed by atoms with Gasteiger partial charge in [-0.2, -0.15) is 0 Å². The lowest BCUT2D eigenvalue weighted by Gasteiger charge is -2.20. The summed E-state index contributed by atoms with van der Waals surface area (Å²) in [5.74, 6) is 0.611. The monoisotopic (exact) mass is 243 g/mol. The third-order valence-electron chi connectivity index (χ3n) is 2.83. The predicted octanol–water partition coefficient (Wildman–Crippen LogP) is 2.31. The molecular weight excluding hydrogens is 226 g/mol. The van der Waals surface area contributed by atoms with Gasteiger partial charge in [0.1, 0.15) is 0 Å². The molecule has 0 radical (unpaired) electrons. The van der Waals surface area contributed by atoms with Crippen LogP contribution in [0.25, 0.3) is 0 Å². The zero-order chi connectivity index (χ0) is 13.0. The molecule has 1 aromatic heterocycles. The first-order chi connectivity index (χ1) is 8.70. The Bertz CT molecular complexity index is 528. The van der Waals surface area contributed by atoms with E-state index in [4.69, 9.17) is 10.5 Å². The highest BCUT2D eigenvalue weighted by Gasteiger charge is 2.05. The van der Waals surface area contributed by atoms with Gasteiger partial charge < -0.3 is 15.4 Å². The van der Waals surface area contributed by atoms with E-state index in [2.05, 4.69) is 9.88 Å². The summed E-state index contributed by atoms with van der Waals surface area (Å²) in [4.78, 5) is 6.20. The fraction of sp³-hybridized carbons (Fsp3) is 0.214. The number of nitrogens with two attached hydrogens (primary N) is 1. The Morgan fingerprint density at radius 3 is 2.78 bits per heavy atom. The Balaban J connectivity index is 2.16. The highest BCUT2D eigenvalue weighted by Crippen LogP contribution is 2.21. The van der Waals surface area contributed by atoms with Crippen LogP contribution in [0.4, 0.5) is 11.4 Å². The molecule has 4 heteroatoms. The van der Waals surface area contributed by atoms with E-state index in [-0.39, 0.29) is 0 Å². The van der Waals surface area contributed by atoms with E-state index in [0.29, 0.717) is 5.88 Å². The maximum atomic E-state index is 5.94. The summed E-state index contributed by atoms with van der Waals surface area (Å²) in [5, 5.41) is 0. The van der Waals surface area contributed by atoms with Crippen molar-refractivity contribution in [1.29, 1.82) is 0 Å². The fourth-order valence-electron chi connectivity index (χ4n) is 1.77. The minimum atomic E-state index is 0.611. The largest absolute Gasteiger partial charge is 0.481 e. The van der Waals surface area contributed by atoms with Gasteiger partial charge in [0.2, 0.25) is 5.88 Å². The molecule has 0 aliphatic heterocycles. The molecule has 0 saturated heterocycles. The first-order valence-electron chi connectivity index (χ1n) is 5.75. The molecule has 0 spiro atoms. The maximum Gasteiger partial charge on any atom is 0.214 e. The van der Waals surface area contributed by atoms with Crippen molar-refractivity contribution in [2.24, 2.45) is 0 Å². The summed E-state index contributed by atoms with van der Waals surface area (Å²) in [6.45, 7) is 0.750. The Labute approximate surface area is 107 Å². The molecule has 2 rings (SSSR count). The molecule has 4 nitrogen and oxygen atoms in total. The third-order valence-corrected chi connectivity index (χ3v) is 2.83. The van der Waals surface area contributed by atoms with Crippen LogP contribution in [-0.2, 0) is 6.54 Å². The van der Waals surface area contributed by atoms with Crippen LogP contribution in [0.2, 0.25) is 0 Å². The van der Waals surface area contributed by atoms with Crippen molar-refractivity contribution in [1.82, 2.24) is 4.98 Å². The number of hydrogen-bond donors (Lipinski definition) is 1. The zero-order valence-corrected chi connectivity index (χ0v) is 10.6. The van der Waals surface area contributed by atoms with Gasteiger partial charge >= 0.3 is 0 Å². The molecule has 0 saturated carbocycles. The normalized spacial score (nSPS) is 10.1. The number of rotatable bonds is 4. The Hall–Kier alpha value is -2.23. The number of para-hydroxylation sites is 1. The van der Waals surface area contributed by atoms with Gasteiger partial charge in [0, 0.05) is 37.2 Å². The number of pyridine rings is 1. The van der Waals surface area contributed by atoms with Crippen molar-refractivity contribution >= 4 is 11.4 Å². The van der Waals surface area contributed by atoms with Crippen molar-refractivity contribution in [3.63, 3.8) is 0 Å². The second-order valence-corrected chi connectivity index (χ2v) is 4.11. The molecule has 2 N–H and O–H groups in total. The molecule has 0 aliphatic carbocycles. The van der Waals surface area contributed by atoms with Crippen LogP contribution in [0.5, 0.6) is 5.88 Å². The molecule has 0 unspecified atom stereocenters.